The third-order valence-corrected chi connectivity index (χ3v) is 3.67. The molecule has 0 radical (unpaired) electrons. The van der Waals surface area contributed by atoms with Crippen LogP contribution in [0.15, 0.2) is 24.4 Å². The van der Waals surface area contributed by atoms with Gasteiger partial charge in [-0.1, -0.05) is 13.0 Å². The smallest absolute Gasteiger partial charge is 0.110 e. The van der Waals surface area contributed by atoms with Gasteiger partial charge in [-0.05, 0) is 25.5 Å². The van der Waals surface area contributed by atoms with Crippen LogP contribution in [0.2, 0.25) is 0 Å². The van der Waals surface area contributed by atoms with Crippen LogP contribution >= 0.6 is 0 Å². The number of aromatic amines is 2. The predicted octanol–water partition coefficient (Wildman–Crippen LogP) is 2.71. The zero-order valence-corrected chi connectivity index (χ0v) is 11.8. The summed E-state index contributed by atoms with van der Waals surface area (Å²) in [5, 5.41) is 0. The van der Waals surface area contributed by atoms with E-state index in [1.807, 2.05) is 19.2 Å². The summed E-state index contributed by atoms with van der Waals surface area (Å²) in [6.45, 7) is 4.70. The van der Waals surface area contributed by atoms with Gasteiger partial charge in [-0.25, -0.2) is 9.97 Å². The maximum Gasteiger partial charge on any atom is 0.110 e. The molecule has 2 aromatic heterocycles. The Morgan fingerprint density at radius 1 is 1.30 bits per heavy atom. The Labute approximate surface area is 117 Å². The molecule has 0 fully saturated rings. The largest absolute Gasteiger partial charge is 0.342 e. The Bertz CT molecular complexity index is 721. The van der Waals surface area contributed by atoms with E-state index in [9.17, 15) is 0 Å². The number of aromatic nitrogens is 4. The van der Waals surface area contributed by atoms with Crippen molar-refractivity contribution in [2.45, 2.75) is 26.2 Å². The van der Waals surface area contributed by atoms with Gasteiger partial charge in [0.05, 0.1) is 22.9 Å². The highest BCUT2D eigenvalue weighted by molar-refractivity contribution is 5.81. The van der Waals surface area contributed by atoms with Crippen LogP contribution in [0.25, 0.3) is 22.3 Å². The standard InChI is InChI=1S/C15H19N5/c1-3-10(7-16)15-17-8-14(20-15)11-4-5-12-13(6-11)19-9(2)18-12/h4-6,8,10H,3,7,16H2,1-2H3,(H,17,20)(H,18,19). The normalized spacial score (nSPS) is 12.9. The first-order valence-electron chi connectivity index (χ1n) is 6.93. The SMILES string of the molecule is CCC(CN)c1ncc(-c2ccc3nc(C)[nH]c3c2)[nH]1. The van der Waals surface area contributed by atoms with Gasteiger partial charge in [0.1, 0.15) is 11.6 Å². The van der Waals surface area contributed by atoms with Crippen LogP contribution in [0.3, 0.4) is 0 Å². The van der Waals surface area contributed by atoms with Gasteiger partial charge >= 0.3 is 0 Å². The number of fused-ring (bicyclic) bond motifs is 1. The predicted molar refractivity (Wildman–Crippen MR) is 80.5 cm³/mol. The molecule has 0 amide bonds. The first kappa shape index (κ1) is 12.9. The molecule has 1 unspecified atom stereocenters. The van der Waals surface area contributed by atoms with Crippen molar-refractivity contribution in [3.8, 4) is 11.3 Å². The molecule has 1 atom stereocenters. The van der Waals surface area contributed by atoms with Crippen molar-refractivity contribution in [2.24, 2.45) is 5.73 Å². The minimum Gasteiger partial charge on any atom is -0.342 e. The fourth-order valence-corrected chi connectivity index (χ4v) is 2.47. The molecule has 3 aromatic rings. The lowest BCUT2D eigenvalue weighted by Crippen LogP contribution is -2.12. The second kappa shape index (κ2) is 5.09. The van der Waals surface area contributed by atoms with Gasteiger partial charge in [0.25, 0.3) is 0 Å². The summed E-state index contributed by atoms with van der Waals surface area (Å²) >= 11 is 0. The van der Waals surface area contributed by atoms with Crippen molar-refractivity contribution >= 4 is 11.0 Å². The Kier molecular flexibility index (Phi) is 3.28. The number of H-pyrrole nitrogens is 2. The maximum absolute atomic E-state index is 5.77. The molecule has 1 aromatic carbocycles. The third kappa shape index (κ3) is 2.20. The summed E-state index contributed by atoms with van der Waals surface area (Å²) < 4.78 is 0. The van der Waals surface area contributed by atoms with E-state index in [0.717, 1.165) is 40.4 Å². The van der Waals surface area contributed by atoms with E-state index in [1.165, 1.54) is 0 Å². The van der Waals surface area contributed by atoms with E-state index < -0.39 is 0 Å². The van der Waals surface area contributed by atoms with Gasteiger partial charge in [0, 0.05) is 18.0 Å². The Morgan fingerprint density at radius 3 is 2.90 bits per heavy atom. The maximum atomic E-state index is 5.77. The molecule has 0 saturated heterocycles. The molecule has 0 aliphatic rings. The number of benzene rings is 1. The highest BCUT2D eigenvalue weighted by Crippen LogP contribution is 2.24. The molecule has 2 heterocycles. The van der Waals surface area contributed by atoms with Crippen molar-refractivity contribution in [1.82, 2.24) is 19.9 Å². The average Bonchev–Trinajstić information content (AvgIpc) is 3.05. The number of rotatable bonds is 4. The Hall–Kier alpha value is -2.14. The van der Waals surface area contributed by atoms with Crippen LogP contribution in [0.5, 0.6) is 0 Å². The topological polar surface area (TPSA) is 83.4 Å². The van der Waals surface area contributed by atoms with Crippen LogP contribution in [-0.2, 0) is 0 Å². The molecule has 0 aliphatic carbocycles. The molecule has 3 rings (SSSR count). The zero-order chi connectivity index (χ0) is 14.1. The summed E-state index contributed by atoms with van der Waals surface area (Å²) in [6.07, 6.45) is 2.86. The van der Waals surface area contributed by atoms with Crippen molar-refractivity contribution in [2.75, 3.05) is 6.54 Å². The van der Waals surface area contributed by atoms with E-state index in [1.54, 1.807) is 0 Å². The van der Waals surface area contributed by atoms with Crippen LogP contribution in [0.4, 0.5) is 0 Å². The second-order valence-corrected chi connectivity index (χ2v) is 5.08. The second-order valence-electron chi connectivity index (χ2n) is 5.08. The molecular weight excluding hydrogens is 250 g/mol. The Morgan fingerprint density at radius 2 is 2.15 bits per heavy atom. The first-order valence-corrected chi connectivity index (χ1v) is 6.93. The average molecular weight is 269 g/mol. The van der Waals surface area contributed by atoms with Crippen molar-refractivity contribution < 1.29 is 0 Å². The summed E-state index contributed by atoms with van der Waals surface area (Å²) in [7, 11) is 0. The monoisotopic (exact) mass is 269 g/mol. The van der Waals surface area contributed by atoms with Gasteiger partial charge < -0.3 is 15.7 Å². The van der Waals surface area contributed by atoms with E-state index >= 15 is 0 Å². The van der Waals surface area contributed by atoms with Crippen molar-refractivity contribution in [3.63, 3.8) is 0 Å². The van der Waals surface area contributed by atoms with Crippen LogP contribution in [0, 0.1) is 6.92 Å². The minimum absolute atomic E-state index is 0.293. The third-order valence-electron chi connectivity index (χ3n) is 3.67. The molecule has 0 aliphatic heterocycles. The highest BCUT2D eigenvalue weighted by Gasteiger charge is 2.12. The zero-order valence-electron chi connectivity index (χ0n) is 11.8. The van der Waals surface area contributed by atoms with Gasteiger partial charge in [-0.15, -0.1) is 0 Å². The number of nitrogens with one attached hydrogen (secondary N) is 2. The lowest BCUT2D eigenvalue weighted by molar-refractivity contribution is 0.639. The van der Waals surface area contributed by atoms with E-state index in [2.05, 4.69) is 39.0 Å². The van der Waals surface area contributed by atoms with Gasteiger partial charge in [-0.2, -0.15) is 0 Å². The lowest BCUT2D eigenvalue weighted by atomic mass is 10.1. The molecule has 20 heavy (non-hydrogen) atoms. The first-order chi connectivity index (χ1) is 9.71. The van der Waals surface area contributed by atoms with Crippen LogP contribution in [-0.4, -0.2) is 26.5 Å². The molecule has 0 bridgehead atoms. The summed E-state index contributed by atoms with van der Waals surface area (Å²) in [6, 6.07) is 6.17. The number of imidazole rings is 2. The molecule has 5 heteroatoms. The number of hydrogen-bond donors (Lipinski definition) is 3. The minimum atomic E-state index is 0.293. The molecule has 104 valence electrons. The summed E-state index contributed by atoms with van der Waals surface area (Å²) in [4.78, 5) is 15.5. The molecular formula is C15H19N5. The fraction of sp³-hybridized carbons (Fsp3) is 0.333. The van der Waals surface area contributed by atoms with E-state index in [4.69, 9.17) is 5.73 Å². The van der Waals surface area contributed by atoms with Crippen molar-refractivity contribution in [1.29, 1.82) is 0 Å². The van der Waals surface area contributed by atoms with Crippen LogP contribution < -0.4 is 5.73 Å². The Balaban J connectivity index is 1.98. The number of nitrogens with two attached hydrogens (primary N) is 1. The highest BCUT2D eigenvalue weighted by atomic mass is 14.9. The van der Waals surface area contributed by atoms with Gasteiger partial charge in [0.2, 0.25) is 0 Å². The lowest BCUT2D eigenvalue weighted by Gasteiger charge is -2.07. The van der Waals surface area contributed by atoms with Crippen molar-refractivity contribution in [3.05, 3.63) is 36.0 Å². The molecule has 0 saturated carbocycles. The summed E-state index contributed by atoms with van der Waals surface area (Å²) in [5.41, 5.74) is 9.91. The van der Waals surface area contributed by atoms with E-state index in [-0.39, 0.29) is 0 Å². The van der Waals surface area contributed by atoms with Gasteiger partial charge in [0.15, 0.2) is 0 Å². The van der Waals surface area contributed by atoms with Gasteiger partial charge in [-0.3, -0.25) is 0 Å². The summed E-state index contributed by atoms with van der Waals surface area (Å²) in [5.74, 6) is 2.18. The number of aryl methyl sites for hydroxylation is 1. The molecule has 5 nitrogen and oxygen atoms in total. The number of hydrogen-bond acceptors (Lipinski definition) is 3. The fourth-order valence-electron chi connectivity index (χ4n) is 2.47. The molecule has 0 spiro atoms. The molecule has 4 N–H and O–H groups in total. The van der Waals surface area contributed by atoms with Crippen LogP contribution in [0.1, 0.15) is 30.9 Å². The quantitative estimate of drug-likeness (QED) is 0.681. The number of nitrogens with zero attached hydrogens (tertiary/aromatic N) is 2. The van der Waals surface area contributed by atoms with E-state index in [0.29, 0.717) is 12.5 Å².